The fourth-order valence-corrected chi connectivity index (χ4v) is 1.96. The Labute approximate surface area is 97.4 Å². The first-order valence-electron chi connectivity index (χ1n) is 6.32. The van der Waals surface area contributed by atoms with E-state index in [2.05, 4.69) is 5.32 Å². The number of nitrogens with one attached hydrogen (secondary N) is 1. The monoisotopic (exact) mass is 229 g/mol. The van der Waals surface area contributed by atoms with Gasteiger partial charge in [-0.3, -0.25) is 4.79 Å². The third-order valence-corrected chi connectivity index (χ3v) is 2.89. The van der Waals surface area contributed by atoms with Crippen LogP contribution in [0.25, 0.3) is 0 Å². The topological polar surface area (TPSA) is 58.6 Å². The molecule has 0 atom stereocenters. The zero-order valence-electron chi connectivity index (χ0n) is 9.91. The summed E-state index contributed by atoms with van der Waals surface area (Å²) in [5, 5.41) is 11.4. The summed E-state index contributed by atoms with van der Waals surface area (Å²) < 4.78 is 5.62. The van der Waals surface area contributed by atoms with Gasteiger partial charge in [0.05, 0.1) is 12.7 Å². The van der Waals surface area contributed by atoms with E-state index < -0.39 is 0 Å². The second-order valence-electron chi connectivity index (χ2n) is 4.31. The lowest BCUT2D eigenvalue weighted by Crippen LogP contribution is -2.28. The molecular weight excluding hydrogens is 206 g/mol. The highest BCUT2D eigenvalue weighted by molar-refractivity contribution is 5.75. The number of rotatable bonds is 8. The minimum absolute atomic E-state index is 0.0588. The molecule has 1 fully saturated rings. The quantitative estimate of drug-likeness (QED) is 0.615. The molecule has 0 aromatic heterocycles. The maximum Gasteiger partial charge on any atom is 0.220 e. The van der Waals surface area contributed by atoms with Gasteiger partial charge < -0.3 is 15.2 Å². The van der Waals surface area contributed by atoms with E-state index in [-0.39, 0.29) is 12.5 Å². The number of carbonyl (C=O) groups is 1. The number of amides is 1. The molecule has 1 rings (SSSR count). The van der Waals surface area contributed by atoms with Gasteiger partial charge in [0.25, 0.3) is 0 Å². The minimum atomic E-state index is 0.0588. The van der Waals surface area contributed by atoms with Crippen molar-refractivity contribution in [1.29, 1.82) is 0 Å². The fraction of sp³-hybridized carbons (Fsp3) is 0.917. The van der Waals surface area contributed by atoms with Crippen molar-refractivity contribution in [2.24, 2.45) is 0 Å². The van der Waals surface area contributed by atoms with E-state index in [1.807, 2.05) is 0 Å². The summed E-state index contributed by atoms with van der Waals surface area (Å²) in [4.78, 5) is 11.3. The Kier molecular flexibility index (Phi) is 7.17. The molecule has 1 saturated carbocycles. The van der Waals surface area contributed by atoms with E-state index in [0.717, 1.165) is 6.42 Å². The summed E-state index contributed by atoms with van der Waals surface area (Å²) >= 11 is 0. The Morgan fingerprint density at radius 3 is 2.75 bits per heavy atom. The Morgan fingerprint density at radius 1 is 1.31 bits per heavy atom. The molecule has 1 aliphatic carbocycles. The molecule has 0 heterocycles. The highest BCUT2D eigenvalue weighted by Crippen LogP contribution is 2.20. The van der Waals surface area contributed by atoms with Crippen LogP contribution < -0.4 is 5.32 Å². The molecule has 0 unspecified atom stereocenters. The molecule has 0 radical (unpaired) electrons. The maximum atomic E-state index is 11.3. The third kappa shape index (κ3) is 6.08. The molecule has 16 heavy (non-hydrogen) atoms. The zero-order valence-corrected chi connectivity index (χ0v) is 9.91. The van der Waals surface area contributed by atoms with Crippen LogP contribution in [-0.4, -0.2) is 36.9 Å². The van der Waals surface area contributed by atoms with E-state index in [1.54, 1.807) is 0 Å². The van der Waals surface area contributed by atoms with Gasteiger partial charge in [0, 0.05) is 19.6 Å². The van der Waals surface area contributed by atoms with Crippen LogP contribution >= 0.6 is 0 Å². The van der Waals surface area contributed by atoms with Crippen molar-refractivity contribution < 1.29 is 14.6 Å². The van der Waals surface area contributed by atoms with Gasteiger partial charge in [0.1, 0.15) is 0 Å². The van der Waals surface area contributed by atoms with Crippen LogP contribution in [-0.2, 0) is 9.53 Å². The van der Waals surface area contributed by atoms with Gasteiger partial charge in [0.2, 0.25) is 5.91 Å². The van der Waals surface area contributed by atoms with Gasteiger partial charge in [-0.1, -0.05) is 12.8 Å². The Bertz CT molecular complexity index is 191. The Hall–Kier alpha value is -0.610. The molecular formula is C12H23NO3. The lowest BCUT2D eigenvalue weighted by atomic mass is 10.2. The second kappa shape index (κ2) is 8.53. The molecule has 0 aromatic rings. The van der Waals surface area contributed by atoms with Crippen LogP contribution in [0.5, 0.6) is 0 Å². The summed E-state index contributed by atoms with van der Waals surface area (Å²) in [6.07, 6.45) is 7.28. The van der Waals surface area contributed by atoms with Crippen molar-refractivity contribution in [2.75, 3.05) is 19.8 Å². The Balaban J connectivity index is 1.87. The van der Waals surface area contributed by atoms with Crippen molar-refractivity contribution in [3.05, 3.63) is 0 Å². The predicted octanol–water partition coefficient (Wildman–Crippen LogP) is 1.22. The van der Waals surface area contributed by atoms with Crippen LogP contribution in [0, 0.1) is 0 Å². The second-order valence-corrected chi connectivity index (χ2v) is 4.31. The van der Waals surface area contributed by atoms with Gasteiger partial charge in [-0.2, -0.15) is 0 Å². The largest absolute Gasteiger partial charge is 0.396 e. The summed E-state index contributed by atoms with van der Waals surface area (Å²) in [5.41, 5.74) is 0. The van der Waals surface area contributed by atoms with E-state index in [0.29, 0.717) is 32.1 Å². The van der Waals surface area contributed by atoms with E-state index >= 15 is 0 Å². The molecule has 94 valence electrons. The zero-order chi connectivity index (χ0) is 11.6. The first kappa shape index (κ1) is 13.5. The van der Waals surface area contributed by atoms with E-state index in [4.69, 9.17) is 9.84 Å². The number of aliphatic hydroxyl groups excluding tert-OH is 1. The van der Waals surface area contributed by atoms with E-state index in [9.17, 15) is 4.79 Å². The SMILES string of the molecule is O=C(CCCCO)NCCOC1CCCC1. The number of unbranched alkanes of at least 4 members (excludes halogenated alkanes) is 1. The molecule has 0 aliphatic heterocycles. The van der Waals surface area contributed by atoms with Crippen LogP contribution in [0.3, 0.4) is 0 Å². The lowest BCUT2D eigenvalue weighted by Gasteiger charge is -2.11. The van der Waals surface area contributed by atoms with Gasteiger partial charge in [-0.25, -0.2) is 0 Å². The summed E-state index contributed by atoms with van der Waals surface area (Å²) in [7, 11) is 0. The highest BCUT2D eigenvalue weighted by atomic mass is 16.5. The van der Waals surface area contributed by atoms with Gasteiger partial charge in [-0.05, 0) is 25.7 Å². The van der Waals surface area contributed by atoms with Crippen molar-refractivity contribution in [2.45, 2.75) is 51.0 Å². The van der Waals surface area contributed by atoms with Crippen molar-refractivity contribution in [3.8, 4) is 0 Å². The van der Waals surface area contributed by atoms with Gasteiger partial charge >= 0.3 is 0 Å². The number of hydrogen-bond acceptors (Lipinski definition) is 3. The Morgan fingerprint density at radius 2 is 2.06 bits per heavy atom. The smallest absolute Gasteiger partial charge is 0.220 e. The number of ether oxygens (including phenoxy) is 1. The lowest BCUT2D eigenvalue weighted by molar-refractivity contribution is -0.121. The predicted molar refractivity (Wildman–Crippen MR) is 62.2 cm³/mol. The molecule has 2 N–H and O–H groups in total. The van der Waals surface area contributed by atoms with Crippen molar-refractivity contribution >= 4 is 5.91 Å². The third-order valence-electron chi connectivity index (χ3n) is 2.89. The van der Waals surface area contributed by atoms with Crippen molar-refractivity contribution in [3.63, 3.8) is 0 Å². The molecule has 1 aliphatic rings. The number of aliphatic hydroxyl groups is 1. The molecule has 0 aromatic carbocycles. The van der Waals surface area contributed by atoms with Crippen LogP contribution in [0.1, 0.15) is 44.9 Å². The molecule has 4 heteroatoms. The van der Waals surface area contributed by atoms with Crippen LogP contribution in [0.15, 0.2) is 0 Å². The first-order chi connectivity index (χ1) is 7.83. The van der Waals surface area contributed by atoms with Gasteiger partial charge in [-0.15, -0.1) is 0 Å². The van der Waals surface area contributed by atoms with E-state index in [1.165, 1.54) is 25.7 Å². The summed E-state index contributed by atoms with van der Waals surface area (Å²) in [5.74, 6) is 0.0588. The molecule has 0 bridgehead atoms. The standard InChI is InChI=1S/C12H23NO3/c14-9-4-3-7-12(15)13-8-10-16-11-5-1-2-6-11/h11,14H,1-10H2,(H,13,15). The van der Waals surface area contributed by atoms with Crippen LogP contribution in [0.4, 0.5) is 0 Å². The molecule has 1 amide bonds. The average Bonchev–Trinajstić information content (AvgIpc) is 2.78. The van der Waals surface area contributed by atoms with Crippen LogP contribution in [0.2, 0.25) is 0 Å². The van der Waals surface area contributed by atoms with Gasteiger partial charge in [0.15, 0.2) is 0 Å². The summed E-state index contributed by atoms with van der Waals surface area (Å²) in [6, 6.07) is 0. The normalized spacial score (nSPS) is 16.6. The fourth-order valence-electron chi connectivity index (χ4n) is 1.96. The molecule has 4 nitrogen and oxygen atoms in total. The van der Waals surface area contributed by atoms with Crippen molar-refractivity contribution in [1.82, 2.24) is 5.32 Å². The minimum Gasteiger partial charge on any atom is -0.396 e. The summed E-state index contributed by atoms with van der Waals surface area (Å²) in [6.45, 7) is 1.39. The highest BCUT2D eigenvalue weighted by Gasteiger charge is 2.14. The first-order valence-corrected chi connectivity index (χ1v) is 6.32. The number of carbonyl (C=O) groups excluding carboxylic acids is 1. The average molecular weight is 229 g/mol. The molecule has 0 saturated heterocycles. The molecule has 0 spiro atoms. The number of hydrogen-bond donors (Lipinski definition) is 2. The maximum absolute atomic E-state index is 11.3.